The molecule has 1 N–H and O–H groups in total. The highest BCUT2D eigenvalue weighted by Crippen LogP contribution is 2.12. The summed E-state index contributed by atoms with van der Waals surface area (Å²) in [6.07, 6.45) is 6.03. The smallest absolute Gasteiger partial charge is 0.0361 e. The quantitative estimate of drug-likeness (QED) is 0.759. The van der Waals surface area contributed by atoms with Crippen LogP contribution in [0.1, 0.15) is 18.9 Å². The van der Waals surface area contributed by atoms with Crippen LogP contribution in [0.4, 0.5) is 5.69 Å². The summed E-state index contributed by atoms with van der Waals surface area (Å²) in [5, 5.41) is 3.39. The van der Waals surface area contributed by atoms with E-state index < -0.39 is 0 Å². The van der Waals surface area contributed by atoms with Gasteiger partial charge in [0, 0.05) is 38.8 Å². The van der Waals surface area contributed by atoms with E-state index in [2.05, 4.69) is 47.3 Å². The van der Waals surface area contributed by atoms with Gasteiger partial charge in [-0.15, -0.1) is 12.3 Å². The molecule has 16 heavy (non-hydrogen) atoms. The lowest BCUT2D eigenvalue weighted by Crippen LogP contribution is -2.24. The van der Waals surface area contributed by atoms with E-state index in [1.165, 1.54) is 11.3 Å². The number of nitrogens with zero attached hydrogens (tertiary/aromatic N) is 1. The van der Waals surface area contributed by atoms with Crippen molar-refractivity contribution in [3.63, 3.8) is 0 Å². The van der Waals surface area contributed by atoms with Crippen molar-refractivity contribution in [2.24, 2.45) is 0 Å². The van der Waals surface area contributed by atoms with Crippen LogP contribution in [-0.4, -0.2) is 20.1 Å². The van der Waals surface area contributed by atoms with Crippen LogP contribution in [-0.2, 0) is 6.54 Å². The topological polar surface area (TPSA) is 15.3 Å². The van der Waals surface area contributed by atoms with Gasteiger partial charge in [-0.05, 0) is 24.6 Å². The summed E-state index contributed by atoms with van der Waals surface area (Å²) in [6.45, 7) is 2.98. The Hall–Kier alpha value is -1.46. The summed E-state index contributed by atoms with van der Waals surface area (Å²) in [4.78, 5) is 2.10. The first-order valence-electron chi connectivity index (χ1n) is 5.56. The first kappa shape index (κ1) is 12.6. The molecule has 1 atom stereocenters. The first-order valence-corrected chi connectivity index (χ1v) is 5.56. The molecule has 0 aliphatic rings. The highest BCUT2D eigenvalue weighted by Gasteiger charge is 2.00. The minimum atomic E-state index is 0.374. The van der Waals surface area contributed by atoms with Crippen LogP contribution in [0.15, 0.2) is 24.3 Å². The lowest BCUT2D eigenvalue weighted by molar-refractivity contribution is 0.559. The van der Waals surface area contributed by atoms with Crippen LogP contribution >= 0.6 is 0 Å². The van der Waals surface area contributed by atoms with E-state index in [9.17, 15) is 0 Å². The molecule has 0 fully saturated rings. The summed E-state index contributed by atoms with van der Waals surface area (Å²) < 4.78 is 0. The maximum Gasteiger partial charge on any atom is 0.0361 e. The zero-order valence-corrected chi connectivity index (χ0v) is 10.3. The van der Waals surface area contributed by atoms with Crippen LogP contribution in [0, 0.1) is 12.3 Å². The van der Waals surface area contributed by atoms with Gasteiger partial charge in [0.25, 0.3) is 0 Å². The molecule has 0 saturated carbocycles. The normalized spacial score (nSPS) is 11.9. The SMILES string of the molecule is C#CCC(C)NCc1ccc(N(C)C)cc1. The molecular formula is C14H20N2. The third-order valence-electron chi connectivity index (χ3n) is 2.53. The van der Waals surface area contributed by atoms with Gasteiger partial charge in [0.15, 0.2) is 0 Å². The minimum absolute atomic E-state index is 0.374. The minimum Gasteiger partial charge on any atom is -0.378 e. The fraction of sp³-hybridized carbons (Fsp3) is 0.429. The van der Waals surface area contributed by atoms with Crippen LogP contribution in [0.25, 0.3) is 0 Å². The number of hydrogen-bond donors (Lipinski definition) is 1. The van der Waals surface area contributed by atoms with Gasteiger partial charge in [0.05, 0.1) is 0 Å². The fourth-order valence-corrected chi connectivity index (χ4v) is 1.45. The standard InChI is InChI=1S/C14H20N2/c1-5-6-12(2)15-11-13-7-9-14(10-8-13)16(3)4/h1,7-10,12,15H,6,11H2,2-4H3. The van der Waals surface area contributed by atoms with Crippen molar-refractivity contribution in [3.8, 4) is 12.3 Å². The molecule has 2 heteroatoms. The number of rotatable bonds is 5. The van der Waals surface area contributed by atoms with Crippen molar-refractivity contribution in [2.75, 3.05) is 19.0 Å². The molecule has 0 saturated heterocycles. The Labute approximate surface area is 98.7 Å². The summed E-state index contributed by atoms with van der Waals surface area (Å²) in [5.74, 6) is 2.66. The monoisotopic (exact) mass is 216 g/mol. The van der Waals surface area contributed by atoms with Crippen molar-refractivity contribution in [3.05, 3.63) is 29.8 Å². The number of hydrogen-bond acceptors (Lipinski definition) is 2. The van der Waals surface area contributed by atoms with Crippen molar-refractivity contribution >= 4 is 5.69 Å². The van der Waals surface area contributed by atoms with Gasteiger partial charge >= 0.3 is 0 Å². The average Bonchev–Trinajstić information content (AvgIpc) is 2.27. The molecule has 2 nitrogen and oxygen atoms in total. The van der Waals surface area contributed by atoms with Gasteiger partial charge in [0.2, 0.25) is 0 Å². The molecule has 0 heterocycles. The van der Waals surface area contributed by atoms with E-state index in [1.807, 2.05) is 14.1 Å². The summed E-state index contributed by atoms with van der Waals surface area (Å²) in [7, 11) is 4.09. The summed E-state index contributed by atoms with van der Waals surface area (Å²) in [6, 6.07) is 8.92. The highest BCUT2D eigenvalue weighted by molar-refractivity contribution is 5.45. The Balaban J connectivity index is 2.47. The van der Waals surface area contributed by atoms with Crippen LogP contribution in [0.5, 0.6) is 0 Å². The Bertz CT molecular complexity index is 346. The molecule has 0 aliphatic heterocycles. The van der Waals surface area contributed by atoms with Gasteiger partial charge in [-0.2, -0.15) is 0 Å². The maximum absolute atomic E-state index is 5.26. The lowest BCUT2D eigenvalue weighted by Gasteiger charge is -2.14. The molecule has 1 aromatic carbocycles. The molecule has 0 aliphatic carbocycles. The fourth-order valence-electron chi connectivity index (χ4n) is 1.45. The van der Waals surface area contributed by atoms with Crippen molar-refractivity contribution in [1.29, 1.82) is 0 Å². The largest absolute Gasteiger partial charge is 0.378 e. The second-order valence-corrected chi connectivity index (χ2v) is 4.25. The molecule has 0 radical (unpaired) electrons. The van der Waals surface area contributed by atoms with Crippen molar-refractivity contribution in [1.82, 2.24) is 5.32 Å². The van der Waals surface area contributed by atoms with E-state index in [1.54, 1.807) is 0 Å². The molecule has 1 aromatic rings. The van der Waals surface area contributed by atoms with E-state index in [0.717, 1.165) is 13.0 Å². The Morgan fingerprint density at radius 2 is 1.94 bits per heavy atom. The van der Waals surface area contributed by atoms with E-state index in [4.69, 9.17) is 6.42 Å². The molecule has 0 aromatic heterocycles. The molecule has 0 spiro atoms. The number of nitrogens with one attached hydrogen (secondary N) is 1. The Morgan fingerprint density at radius 3 is 2.44 bits per heavy atom. The van der Waals surface area contributed by atoms with Gasteiger partial charge in [-0.1, -0.05) is 12.1 Å². The van der Waals surface area contributed by atoms with Crippen molar-refractivity contribution in [2.45, 2.75) is 25.9 Å². The van der Waals surface area contributed by atoms with Gasteiger partial charge < -0.3 is 10.2 Å². The van der Waals surface area contributed by atoms with Crippen molar-refractivity contribution < 1.29 is 0 Å². The predicted molar refractivity (Wildman–Crippen MR) is 70.5 cm³/mol. The van der Waals surface area contributed by atoms with Gasteiger partial charge in [0.1, 0.15) is 0 Å². The number of terminal acetylenes is 1. The third kappa shape index (κ3) is 3.96. The molecule has 0 bridgehead atoms. The molecule has 1 rings (SSSR count). The third-order valence-corrected chi connectivity index (χ3v) is 2.53. The first-order chi connectivity index (χ1) is 7.63. The van der Waals surface area contributed by atoms with Gasteiger partial charge in [-0.3, -0.25) is 0 Å². The lowest BCUT2D eigenvalue weighted by atomic mass is 10.1. The molecular weight excluding hydrogens is 196 g/mol. The average molecular weight is 216 g/mol. The van der Waals surface area contributed by atoms with Gasteiger partial charge in [-0.25, -0.2) is 0 Å². The highest BCUT2D eigenvalue weighted by atomic mass is 15.1. The number of benzene rings is 1. The molecule has 0 amide bonds. The molecule has 86 valence electrons. The Morgan fingerprint density at radius 1 is 1.31 bits per heavy atom. The summed E-state index contributed by atoms with van der Waals surface area (Å²) in [5.41, 5.74) is 2.51. The van der Waals surface area contributed by atoms with E-state index in [0.29, 0.717) is 6.04 Å². The van der Waals surface area contributed by atoms with E-state index in [-0.39, 0.29) is 0 Å². The van der Waals surface area contributed by atoms with Crippen LogP contribution in [0.2, 0.25) is 0 Å². The zero-order valence-electron chi connectivity index (χ0n) is 10.3. The summed E-state index contributed by atoms with van der Waals surface area (Å²) >= 11 is 0. The predicted octanol–water partition coefficient (Wildman–Crippen LogP) is 2.25. The maximum atomic E-state index is 5.26. The second kappa shape index (κ2) is 6.19. The van der Waals surface area contributed by atoms with E-state index >= 15 is 0 Å². The Kier molecular flexibility index (Phi) is 4.88. The van der Waals surface area contributed by atoms with Crippen LogP contribution < -0.4 is 10.2 Å². The molecule has 1 unspecified atom stereocenters. The second-order valence-electron chi connectivity index (χ2n) is 4.25. The zero-order chi connectivity index (χ0) is 12.0. The number of anilines is 1. The van der Waals surface area contributed by atoms with Crippen LogP contribution in [0.3, 0.4) is 0 Å².